The lowest BCUT2D eigenvalue weighted by atomic mass is 10.0. The van der Waals surface area contributed by atoms with Gasteiger partial charge in [-0.1, -0.05) is 0 Å². The van der Waals surface area contributed by atoms with E-state index in [-0.39, 0.29) is 19.0 Å². The summed E-state index contributed by atoms with van der Waals surface area (Å²) in [5.74, 6) is -4.32. The summed E-state index contributed by atoms with van der Waals surface area (Å²) in [4.78, 5) is 38.2. The highest BCUT2D eigenvalue weighted by Gasteiger charge is 2.46. The van der Waals surface area contributed by atoms with Crippen LogP contribution < -0.4 is 0 Å². The van der Waals surface area contributed by atoms with Gasteiger partial charge in [0.2, 0.25) is 5.60 Å². The topological polar surface area (TPSA) is 215 Å². The summed E-state index contributed by atoms with van der Waals surface area (Å²) in [6.07, 6.45) is -6.61. The normalized spacial score (nSPS) is 17.6. The Morgan fingerprint density at radius 2 is 1.80 bits per heavy atom. The number of hydrogen-bond acceptors (Lipinski definition) is 9. The third-order valence-corrected chi connectivity index (χ3v) is 6.36. The molecule has 0 aliphatic carbocycles. The van der Waals surface area contributed by atoms with Gasteiger partial charge in [-0.05, 0) is 25.1 Å². The number of fused-ring (bicyclic) bond motifs is 2. The molecule has 2 aromatic heterocycles. The molecule has 1 amide bonds. The SMILES string of the molecule is CC1CN(C(=O)c2c3ccc(C#N)cc3nn2C)Cc2cnc(C(O)(CF)C(F)F)n21.O=C(O)C(O)C(O)C(=O)O. The molecule has 0 fully saturated rings. The minimum Gasteiger partial charge on any atom is -0.479 e. The first-order valence-electron chi connectivity index (χ1n) is 11.8. The number of carbonyl (C=O) groups excluding carboxylic acids is 1. The van der Waals surface area contributed by atoms with Gasteiger partial charge in [0.05, 0.1) is 41.6 Å². The molecular formula is C24H25F3N6O8. The van der Waals surface area contributed by atoms with E-state index in [1.54, 1.807) is 32.2 Å². The Hall–Kier alpha value is -4.53. The molecule has 4 atom stereocenters. The van der Waals surface area contributed by atoms with Crippen LogP contribution >= 0.6 is 0 Å². The van der Waals surface area contributed by atoms with Gasteiger partial charge in [0.25, 0.3) is 12.3 Å². The standard InChI is InChI=1S/C20H19F3N6O2.C4H6O6/c1-11-8-28(9-13-7-25-19(29(11)13)20(31,10-21)18(22)23)17(30)16-14-4-3-12(6-24)5-15(14)26-27(16)2;5-1(3(7)8)2(6)4(9)10/h3-5,7,11,18,31H,8-10H2,1-2H3;1-2,5-6H,(H,7,8)(H,9,10). The lowest BCUT2D eigenvalue weighted by molar-refractivity contribution is -0.165. The van der Waals surface area contributed by atoms with Crippen molar-refractivity contribution in [3.63, 3.8) is 0 Å². The summed E-state index contributed by atoms with van der Waals surface area (Å²) in [5.41, 5.74) is -1.34. The zero-order valence-electron chi connectivity index (χ0n) is 21.5. The van der Waals surface area contributed by atoms with E-state index >= 15 is 0 Å². The van der Waals surface area contributed by atoms with Crippen LogP contribution in [0.3, 0.4) is 0 Å². The number of carbonyl (C=O) groups is 3. The minimum atomic E-state index is -3.35. The van der Waals surface area contributed by atoms with Crippen molar-refractivity contribution in [1.29, 1.82) is 5.26 Å². The highest BCUT2D eigenvalue weighted by molar-refractivity contribution is 6.05. The Morgan fingerprint density at radius 1 is 1.20 bits per heavy atom. The number of aryl methyl sites for hydroxylation is 1. The van der Waals surface area contributed by atoms with Crippen molar-refractivity contribution in [3.05, 3.63) is 47.2 Å². The van der Waals surface area contributed by atoms with Crippen LogP contribution in [0, 0.1) is 11.3 Å². The maximum absolute atomic E-state index is 13.3. The third kappa shape index (κ3) is 5.84. The first kappa shape index (κ1) is 31.0. The Balaban J connectivity index is 0.000000397. The molecule has 17 heteroatoms. The Bertz CT molecular complexity index is 1500. The van der Waals surface area contributed by atoms with E-state index in [2.05, 4.69) is 10.1 Å². The van der Waals surface area contributed by atoms with Gasteiger partial charge in [-0.15, -0.1) is 0 Å². The summed E-state index contributed by atoms with van der Waals surface area (Å²) < 4.78 is 42.8. The summed E-state index contributed by atoms with van der Waals surface area (Å²) in [6, 6.07) is 6.36. The molecule has 3 aromatic rings. The largest absolute Gasteiger partial charge is 0.479 e. The van der Waals surface area contributed by atoms with Gasteiger partial charge in [-0.25, -0.2) is 27.7 Å². The quantitative estimate of drug-likeness (QED) is 0.253. The zero-order chi connectivity index (χ0) is 30.8. The van der Waals surface area contributed by atoms with Crippen LogP contribution in [0.15, 0.2) is 24.4 Å². The van der Waals surface area contributed by atoms with Crippen molar-refractivity contribution < 1.29 is 53.1 Å². The molecule has 41 heavy (non-hydrogen) atoms. The number of aliphatic hydroxyl groups excluding tert-OH is 2. The number of hydrogen-bond donors (Lipinski definition) is 5. The van der Waals surface area contributed by atoms with Crippen LogP contribution in [-0.2, 0) is 28.8 Å². The summed E-state index contributed by atoms with van der Waals surface area (Å²) in [5, 5.41) is 56.6. The number of aromatic nitrogens is 4. The number of aliphatic hydroxyl groups is 3. The van der Waals surface area contributed by atoms with E-state index in [1.807, 2.05) is 6.07 Å². The van der Waals surface area contributed by atoms with Crippen LogP contribution in [0.4, 0.5) is 13.2 Å². The second-order valence-electron chi connectivity index (χ2n) is 9.22. The predicted molar refractivity (Wildman–Crippen MR) is 130 cm³/mol. The molecule has 14 nitrogen and oxygen atoms in total. The van der Waals surface area contributed by atoms with E-state index in [0.29, 0.717) is 27.9 Å². The van der Waals surface area contributed by atoms with Crippen LogP contribution in [0.1, 0.15) is 40.5 Å². The molecule has 0 radical (unpaired) electrons. The first-order valence-corrected chi connectivity index (χ1v) is 11.8. The fourth-order valence-electron chi connectivity index (χ4n) is 4.30. The number of carboxylic acids is 2. The number of nitrogens with zero attached hydrogens (tertiary/aromatic N) is 6. The van der Waals surface area contributed by atoms with Gasteiger partial charge in [-0.2, -0.15) is 10.4 Å². The number of nitriles is 1. The van der Waals surface area contributed by atoms with Crippen molar-refractivity contribution in [2.24, 2.45) is 7.05 Å². The Kier molecular flexibility index (Phi) is 9.01. The van der Waals surface area contributed by atoms with Crippen LogP contribution in [0.25, 0.3) is 10.9 Å². The van der Waals surface area contributed by atoms with E-state index in [1.165, 1.54) is 20.3 Å². The summed E-state index contributed by atoms with van der Waals surface area (Å²) >= 11 is 0. The van der Waals surface area contributed by atoms with Crippen LogP contribution in [0.5, 0.6) is 0 Å². The number of aliphatic carboxylic acids is 2. The third-order valence-electron chi connectivity index (χ3n) is 6.36. The van der Waals surface area contributed by atoms with Gasteiger partial charge in [0.1, 0.15) is 18.2 Å². The highest BCUT2D eigenvalue weighted by Crippen LogP contribution is 2.34. The molecule has 1 aliphatic heterocycles. The molecule has 0 bridgehead atoms. The maximum Gasteiger partial charge on any atom is 0.335 e. The molecular weight excluding hydrogens is 557 g/mol. The smallest absolute Gasteiger partial charge is 0.335 e. The van der Waals surface area contributed by atoms with E-state index < -0.39 is 54.7 Å². The fourth-order valence-corrected chi connectivity index (χ4v) is 4.30. The first-order chi connectivity index (χ1) is 19.2. The fraction of sp³-hybridized carbons (Fsp3) is 0.417. The van der Waals surface area contributed by atoms with E-state index in [0.717, 1.165) is 0 Å². The van der Waals surface area contributed by atoms with Gasteiger partial charge in [0, 0.05) is 19.0 Å². The minimum absolute atomic E-state index is 0.0464. The lowest BCUT2D eigenvalue weighted by Gasteiger charge is -2.35. The summed E-state index contributed by atoms with van der Waals surface area (Å²) in [7, 11) is 1.62. The Labute approximate surface area is 229 Å². The molecule has 220 valence electrons. The highest BCUT2D eigenvalue weighted by atomic mass is 19.3. The molecule has 0 spiro atoms. The van der Waals surface area contributed by atoms with Crippen molar-refractivity contribution >= 4 is 28.7 Å². The average molecular weight is 582 g/mol. The number of alkyl halides is 3. The lowest BCUT2D eigenvalue weighted by Crippen LogP contribution is -2.45. The van der Waals surface area contributed by atoms with Gasteiger partial charge >= 0.3 is 11.9 Å². The summed E-state index contributed by atoms with van der Waals surface area (Å²) in [6.45, 7) is 0.190. The van der Waals surface area contributed by atoms with E-state index in [4.69, 9.17) is 25.7 Å². The molecule has 1 aromatic carbocycles. The molecule has 1 aliphatic rings. The van der Waals surface area contributed by atoms with Crippen molar-refractivity contribution in [2.75, 3.05) is 13.2 Å². The van der Waals surface area contributed by atoms with Crippen LogP contribution in [-0.4, -0.2) is 99.5 Å². The number of imidazole rings is 1. The van der Waals surface area contributed by atoms with Gasteiger partial charge in [-0.3, -0.25) is 9.48 Å². The molecule has 4 rings (SSSR count). The monoisotopic (exact) mass is 582 g/mol. The number of halogens is 3. The second-order valence-corrected chi connectivity index (χ2v) is 9.22. The van der Waals surface area contributed by atoms with Crippen molar-refractivity contribution in [1.82, 2.24) is 24.2 Å². The zero-order valence-corrected chi connectivity index (χ0v) is 21.5. The molecule has 5 N–H and O–H groups in total. The van der Waals surface area contributed by atoms with Crippen LogP contribution in [0.2, 0.25) is 0 Å². The van der Waals surface area contributed by atoms with Crippen molar-refractivity contribution in [2.45, 2.75) is 43.7 Å². The van der Waals surface area contributed by atoms with Gasteiger partial charge < -0.3 is 35.0 Å². The number of carboxylic acid groups (broad SMARTS) is 2. The number of amides is 1. The molecule has 3 heterocycles. The second kappa shape index (κ2) is 11.9. The van der Waals surface area contributed by atoms with Crippen molar-refractivity contribution in [3.8, 4) is 6.07 Å². The Morgan fingerprint density at radius 3 is 2.32 bits per heavy atom. The van der Waals surface area contributed by atoms with Gasteiger partial charge in [0.15, 0.2) is 12.2 Å². The predicted octanol–water partition coefficient (Wildman–Crippen LogP) is 0.158. The molecule has 4 unspecified atom stereocenters. The molecule has 0 saturated heterocycles. The molecule has 0 saturated carbocycles. The number of benzene rings is 1. The maximum atomic E-state index is 13.3. The van der Waals surface area contributed by atoms with E-state index in [9.17, 15) is 32.7 Å². The number of rotatable bonds is 7. The average Bonchev–Trinajstić information content (AvgIpc) is 3.51.